The van der Waals surface area contributed by atoms with Crippen molar-refractivity contribution in [3.63, 3.8) is 0 Å². The van der Waals surface area contributed by atoms with Gasteiger partial charge in [-0.3, -0.25) is 19.7 Å². The fourth-order valence-electron chi connectivity index (χ4n) is 2.31. The van der Waals surface area contributed by atoms with Gasteiger partial charge >= 0.3 is 5.69 Å². The Bertz CT molecular complexity index is 843. The van der Waals surface area contributed by atoms with Crippen LogP contribution in [0.3, 0.4) is 0 Å². The lowest BCUT2D eigenvalue weighted by molar-refractivity contribution is -0.387. The molecule has 0 aliphatic heterocycles. The first-order valence-electron chi connectivity index (χ1n) is 7.54. The van der Waals surface area contributed by atoms with Gasteiger partial charge in [-0.25, -0.2) is 4.39 Å². The molecule has 7 nitrogen and oxygen atoms in total. The Morgan fingerprint density at radius 2 is 1.77 bits per heavy atom. The second kappa shape index (κ2) is 8.15. The second-order valence-electron chi connectivity index (χ2n) is 5.47. The maximum Gasteiger partial charge on any atom is 0.307 e. The van der Waals surface area contributed by atoms with Gasteiger partial charge in [0.1, 0.15) is 5.82 Å². The van der Waals surface area contributed by atoms with Gasteiger partial charge in [0, 0.05) is 19.5 Å². The molecule has 2 N–H and O–H groups in total. The first-order valence-corrected chi connectivity index (χ1v) is 7.54. The third-order valence-corrected chi connectivity index (χ3v) is 3.60. The van der Waals surface area contributed by atoms with Crippen molar-refractivity contribution in [3.05, 3.63) is 75.3 Å². The summed E-state index contributed by atoms with van der Waals surface area (Å²) in [5.74, 6) is -4.11. The molecule has 0 spiro atoms. The highest BCUT2D eigenvalue weighted by atomic mass is 19.1. The lowest BCUT2D eigenvalue weighted by Gasteiger charge is -2.22. The lowest BCUT2D eigenvalue weighted by Crippen LogP contribution is -2.34. The summed E-state index contributed by atoms with van der Waals surface area (Å²) in [6.07, 6.45) is -0.171. The third-order valence-electron chi connectivity index (χ3n) is 3.60. The van der Waals surface area contributed by atoms with E-state index in [2.05, 4.69) is 0 Å². The molecule has 26 heavy (non-hydrogen) atoms. The summed E-state index contributed by atoms with van der Waals surface area (Å²) in [5.41, 5.74) is 4.07. The number of carbonyl (C=O) groups is 2. The number of hydrogen-bond donors (Lipinski definition) is 1. The third kappa shape index (κ3) is 4.59. The first-order chi connectivity index (χ1) is 12.3. The summed E-state index contributed by atoms with van der Waals surface area (Å²) < 4.78 is 27.9. The SMILES string of the molecule is NC(=O)CCN(Cc1ccccc1)C(=O)c1cc(F)c([N+](=O)[O-])cc1F. The van der Waals surface area contributed by atoms with Crippen molar-refractivity contribution in [1.29, 1.82) is 0 Å². The Hall–Kier alpha value is -3.36. The summed E-state index contributed by atoms with van der Waals surface area (Å²) in [7, 11) is 0. The molecule has 0 fully saturated rings. The van der Waals surface area contributed by atoms with Gasteiger partial charge in [-0.2, -0.15) is 4.39 Å². The topological polar surface area (TPSA) is 107 Å². The molecule has 2 aromatic carbocycles. The van der Waals surface area contributed by atoms with Crippen molar-refractivity contribution < 1.29 is 23.3 Å². The average molecular weight is 363 g/mol. The predicted octanol–water partition coefficient (Wildman–Crippen LogP) is 2.39. The largest absolute Gasteiger partial charge is 0.370 e. The number of nitro benzene ring substituents is 1. The van der Waals surface area contributed by atoms with Crippen LogP contribution in [0.4, 0.5) is 14.5 Å². The van der Waals surface area contributed by atoms with Gasteiger partial charge in [0.2, 0.25) is 11.7 Å². The summed E-state index contributed by atoms with van der Waals surface area (Å²) >= 11 is 0. The van der Waals surface area contributed by atoms with Crippen molar-refractivity contribution >= 4 is 17.5 Å². The van der Waals surface area contributed by atoms with Crippen LogP contribution in [0.2, 0.25) is 0 Å². The zero-order valence-electron chi connectivity index (χ0n) is 13.5. The normalized spacial score (nSPS) is 10.4. The molecule has 0 saturated heterocycles. The number of halogens is 2. The van der Waals surface area contributed by atoms with E-state index in [-0.39, 0.29) is 19.5 Å². The van der Waals surface area contributed by atoms with Gasteiger partial charge in [-0.05, 0) is 11.6 Å². The molecule has 0 saturated carbocycles. The highest BCUT2D eigenvalue weighted by molar-refractivity contribution is 5.95. The molecule has 2 rings (SSSR count). The maximum absolute atomic E-state index is 14.1. The Labute approximate surface area is 147 Å². The quantitative estimate of drug-likeness (QED) is 0.602. The molecule has 0 aliphatic carbocycles. The van der Waals surface area contributed by atoms with E-state index in [0.717, 1.165) is 4.90 Å². The fourth-order valence-corrected chi connectivity index (χ4v) is 2.31. The average Bonchev–Trinajstić information content (AvgIpc) is 2.60. The first kappa shape index (κ1) is 19.0. The molecule has 0 radical (unpaired) electrons. The maximum atomic E-state index is 14.1. The number of carbonyl (C=O) groups excluding carboxylic acids is 2. The molecule has 0 heterocycles. The summed E-state index contributed by atoms with van der Waals surface area (Å²) in [4.78, 5) is 34.4. The Kier molecular flexibility index (Phi) is 5.94. The van der Waals surface area contributed by atoms with Crippen molar-refractivity contribution in [2.45, 2.75) is 13.0 Å². The van der Waals surface area contributed by atoms with Crippen molar-refractivity contribution in [1.82, 2.24) is 4.90 Å². The van der Waals surface area contributed by atoms with E-state index in [1.54, 1.807) is 30.3 Å². The Morgan fingerprint density at radius 1 is 1.12 bits per heavy atom. The van der Waals surface area contributed by atoms with Crippen LogP contribution < -0.4 is 5.73 Å². The minimum atomic E-state index is -1.32. The monoisotopic (exact) mass is 363 g/mol. The standard InChI is InChI=1S/C17H15F2N3O4/c18-13-9-15(22(25)26)14(19)8-12(13)17(24)21(7-6-16(20)23)10-11-4-2-1-3-5-11/h1-5,8-9H,6-7,10H2,(H2,20,23). The van der Waals surface area contributed by atoms with Crippen LogP contribution >= 0.6 is 0 Å². The number of primary amides is 1. The van der Waals surface area contributed by atoms with E-state index in [4.69, 9.17) is 5.73 Å². The zero-order valence-corrected chi connectivity index (χ0v) is 13.5. The predicted molar refractivity (Wildman–Crippen MR) is 88.0 cm³/mol. The Morgan fingerprint density at radius 3 is 2.35 bits per heavy atom. The van der Waals surface area contributed by atoms with Gasteiger partial charge in [-0.15, -0.1) is 0 Å². The van der Waals surface area contributed by atoms with Crippen LogP contribution in [0.15, 0.2) is 42.5 Å². The minimum Gasteiger partial charge on any atom is -0.370 e. The van der Waals surface area contributed by atoms with Gasteiger partial charge in [0.05, 0.1) is 16.6 Å². The Balaban J connectivity index is 2.34. The summed E-state index contributed by atoms with van der Waals surface area (Å²) in [5, 5.41) is 10.7. The molecular weight excluding hydrogens is 348 g/mol. The van der Waals surface area contributed by atoms with Crippen LogP contribution in [-0.2, 0) is 11.3 Å². The van der Waals surface area contributed by atoms with Crippen LogP contribution in [0.5, 0.6) is 0 Å². The number of rotatable bonds is 7. The van der Waals surface area contributed by atoms with Crippen LogP contribution in [-0.4, -0.2) is 28.2 Å². The fraction of sp³-hybridized carbons (Fsp3) is 0.176. The molecule has 0 bridgehead atoms. The number of nitro groups is 1. The van der Waals surface area contributed by atoms with Gasteiger partial charge in [0.15, 0.2) is 0 Å². The van der Waals surface area contributed by atoms with E-state index in [0.29, 0.717) is 17.7 Å². The van der Waals surface area contributed by atoms with E-state index >= 15 is 0 Å². The van der Waals surface area contributed by atoms with Crippen molar-refractivity contribution in [2.24, 2.45) is 5.73 Å². The van der Waals surface area contributed by atoms with Gasteiger partial charge < -0.3 is 10.6 Å². The molecule has 136 valence electrons. The molecular formula is C17H15F2N3O4. The number of amides is 2. The van der Waals surface area contributed by atoms with Crippen LogP contribution in [0.25, 0.3) is 0 Å². The summed E-state index contributed by atoms with van der Waals surface area (Å²) in [6.45, 7) is -0.0773. The zero-order chi connectivity index (χ0) is 19.3. The van der Waals surface area contributed by atoms with Crippen LogP contribution in [0, 0.1) is 21.7 Å². The molecule has 0 aromatic heterocycles. The van der Waals surface area contributed by atoms with Gasteiger partial charge in [0.25, 0.3) is 5.91 Å². The van der Waals surface area contributed by atoms with Gasteiger partial charge in [-0.1, -0.05) is 30.3 Å². The summed E-state index contributed by atoms with van der Waals surface area (Å²) in [6, 6.07) is 9.52. The van der Waals surface area contributed by atoms with E-state index in [1.165, 1.54) is 0 Å². The van der Waals surface area contributed by atoms with E-state index in [9.17, 15) is 28.5 Å². The highest BCUT2D eigenvalue weighted by Gasteiger charge is 2.25. The van der Waals surface area contributed by atoms with Crippen molar-refractivity contribution in [2.75, 3.05) is 6.54 Å². The van der Waals surface area contributed by atoms with Crippen molar-refractivity contribution in [3.8, 4) is 0 Å². The lowest BCUT2D eigenvalue weighted by atomic mass is 10.1. The number of nitrogens with two attached hydrogens (primary N) is 1. The second-order valence-corrected chi connectivity index (χ2v) is 5.47. The minimum absolute atomic E-state index is 0.0327. The van der Waals surface area contributed by atoms with E-state index in [1.807, 2.05) is 0 Å². The molecule has 0 unspecified atom stereocenters. The van der Waals surface area contributed by atoms with Crippen LogP contribution in [0.1, 0.15) is 22.3 Å². The van der Waals surface area contributed by atoms with E-state index < -0.39 is 39.6 Å². The number of hydrogen-bond acceptors (Lipinski definition) is 4. The molecule has 0 aliphatic rings. The molecule has 9 heteroatoms. The highest BCUT2D eigenvalue weighted by Crippen LogP contribution is 2.23. The molecule has 2 aromatic rings. The molecule has 2 amide bonds. The molecule has 0 atom stereocenters. The number of benzene rings is 2. The smallest absolute Gasteiger partial charge is 0.307 e. The number of nitrogens with zero attached hydrogens (tertiary/aromatic N) is 2.